The normalized spacial score (nSPS) is 24.3. The lowest BCUT2D eigenvalue weighted by molar-refractivity contribution is -0.147. The lowest BCUT2D eigenvalue weighted by Gasteiger charge is -2.38. The Balaban J connectivity index is 1.53. The molecule has 1 saturated carbocycles. The van der Waals surface area contributed by atoms with E-state index in [0.717, 1.165) is 32.1 Å². The van der Waals surface area contributed by atoms with Gasteiger partial charge in [-0.25, -0.2) is 0 Å². The quantitative estimate of drug-likeness (QED) is 0.701. The summed E-state index contributed by atoms with van der Waals surface area (Å²) in [6.45, 7) is 7.22. The molecule has 1 aliphatic heterocycles. The molecule has 1 aromatic rings. The third-order valence-electron chi connectivity index (χ3n) is 5.92. The fourth-order valence-corrected chi connectivity index (χ4v) is 3.89. The van der Waals surface area contributed by atoms with Crippen LogP contribution in [-0.2, 0) is 19.1 Å². The monoisotopic (exact) mass is 418 g/mol. The van der Waals surface area contributed by atoms with Crippen molar-refractivity contribution in [2.75, 3.05) is 44.8 Å². The third-order valence-corrected chi connectivity index (χ3v) is 5.92. The fourth-order valence-electron chi connectivity index (χ4n) is 3.89. The molecule has 1 aromatic carbocycles. The van der Waals surface area contributed by atoms with Crippen molar-refractivity contribution in [1.29, 1.82) is 0 Å². The molecule has 1 saturated heterocycles. The Morgan fingerprint density at radius 1 is 1.17 bits per heavy atom. The van der Waals surface area contributed by atoms with Crippen LogP contribution in [0.15, 0.2) is 24.3 Å². The zero-order valence-corrected chi connectivity index (χ0v) is 18.2. The number of hydrogen-bond donors (Lipinski definition) is 1. The van der Waals surface area contributed by atoms with Crippen LogP contribution in [0.4, 0.5) is 5.69 Å². The number of rotatable bonds is 8. The largest absolute Gasteiger partial charge is 0.484 e. The van der Waals surface area contributed by atoms with Crippen molar-refractivity contribution in [2.24, 2.45) is 5.92 Å². The number of amides is 2. The molecule has 7 heteroatoms. The van der Waals surface area contributed by atoms with Crippen molar-refractivity contribution < 1.29 is 23.8 Å². The minimum absolute atomic E-state index is 0.00212. The molecule has 0 spiro atoms. The molecule has 0 atom stereocenters. The minimum atomic E-state index is -0.734. The smallest absolute Gasteiger partial charge is 0.260 e. The van der Waals surface area contributed by atoms with Gasteiger partial charge in [0.25, 0.3) is 11.8 Å². The van der Waals surface area contributed by atoms with Crippen LogP contribution in [0, 0.1) is 5.92 Å². The van der Waals surface area contributed by atoms with E-state index in [1.165, 1.54) is 0 Å². The fraction of sp³-hybridized carbons (Fsp3) is 0.652. The maximum atomic E-state index is 13.0. The van der Waals surface area contributed by atoms with Crippen molar-refractivity contribution in [3.8, 4) is 5.75 Å². The number of nitrogens with zero attached hydrogens (tertiary/aromatic N) is 1. The summed E-state index contributed by atoms with van der Waals surface area (Å²) in [5.41, 5.74) is -0.0348. The maximum absolute atomic E-state index is 13.0. The first-order chi connectivity index (χ1) is 14.5. The van der Waals surface area contributed by atoms with E-state index in [0.29, 0.717) is 50.3 Å². The summed E-state index contributed by atoms with van der Waals surface area (Å²) in [5, 5.41) is 3.01. The Morgan fingerprint density at radius 2 is 1.83 bits per heavy atom. The van der Waals surface area contributed by atoms with Gasteiger partial charge in [0.1, 0.15) is 11.4 Å². The molecule has 1 N–H and O–H groups in total. The van der Waals surface area contributed by atoms with Gasteiger partial charge in [-0.2, -0.15) is 0 Å². The molecule has 166 valence electrons. The number of ether oxygens (including phenoxy) is 3. The van der Waals surface area contributed by atoms with Crippen LogP contribution >= 0.6 is 0 Å². The molecular formula is C23H34N2O5. The summed E-state index contributed by atoms with van der Waals surface area (Å²) in [6, 6.07) is 7.13. The third kappa shape index (κ3) is 5.95. The summed E-state index contributed by atoms with van der Waals surface area (Å²) in [5.74, 6) is 1.11. The van der Waals surface area contributed by atoms with Gasteiger partial charge in [-0.3, -0.25) is 9.59 Å². The Morgan fingerprint density at radius 3 is 2.47 bits per heavy atom. The molecule has 7 nitrogen and oxygen atoms in total. The SMILES string of the molecule is CCCOC1(C(=O)Nc2ccc(OCC(=O)N3CCOCC3)cc2)CCC(C)CC1. The Bertz CT molecular complexity index is 687. The van der Waals surface area contributed by atoms with Crippen LogP contribution in [0.1, 0.15) is 46.0 Å². The highest BCUT2D eigenvalue weighted by Crippen LogP contribution is 2.36. The second-order valence-electron chi connectivity index (χ2n) is 8.29. The van der Waals surface area contributed by atoms with Crippen LogP contribution in [-0.4, -0.2) is 61.8 Å². The van der Waals surface area contributed by atoms with E-state index in [4.69, 9.17) is 14.2 Å². The van der Waals surface area contributed by atoms with Crippen LogP contribution in [0.25, 0.3) is 0 Å². The van der Waals surface area contributed by atoms with E-state index in [1.54, 1.807) is 29.2 Å². The first kappa shape index (κ1) is 22.6. The zero-order chi connectivity index (χ0) is 21.4. The van der Waals surface area contributed by atoms with Gasteiger partial charge in [0.2, 0.25) is 0 Å². The number of carbonyl (C=O) groups excluding carboxylic acids is 2. The van der Waals surface area contributed by atoms with Crippen molar-refractivity contribution >= 4 is 17.5 Å². The van der Waals surface area contributed by atoms with Gasteiger partial charge in [0.05, 0.1) is 13.2 Å². The van der Waals surface area contributed by atoms with Crippen LogP contribution in [0.5, 0.6) is 5.75 Å². The van der Waals surface area contributed by atoms with E-state index in [9.17, 15) is 9.59 Å². The average molecular weight is 419 g/mol. The van der Waals surface area contributed by atoms with Gasteiger partial charge in [-0.15, -0.1) is 0 Å². The van der Waals surface area contributed by atoms with E-state index >= 15 is 0 Å². The molecule has 2 aliphatic rings. The highest BCUT2D eigenvalue weighted by atomic mass is 16.5. The molecule has 1 aliphatic carbocycles. The molecule has 2 fully saturated rings. The Labute approximate surface area is 179 Å². The van der Waals surface area contributed by atoms with Gasteiger partial charge in [0, 0.05) is 25.4 Å². The summed E-state index contributed by atoms with van der Waals surface area (Å²) in [4.78, 5) is 27.0. The summed E-state index contributed by atoms with van der Waals surface area (Å²) < 4.78 is 16.9. The van der Waals surface area contributed by atoms with Crippen molar-refractivity contribution in [3.63, 3.8) is 0 Å². The van der Waals surface area contributed by atoms with Crippen LogP contribution in [0.3, 0.4) is 0 Å². The number of carbonyl (C=O) groups is 2. The van der Waals surface area contributed by atoms with Gasteiger partial charge in [-0.05, 0) is 62.3 Å². The second-order valence-corrected chi connectivity index (χ2v) is 8.29. The topological polar surface area (TPSA) is 77.1 Å². The van der Waals surface area contributed by atoms with Crippen molar-refractivity contribution in [2.45, 2.75) is 51.6 Å². The Hall–Kier alpha value is -2.12. The molecule has 30 heavy (non-hydrogen) atoms. The first-order valence-corrected chi connectivity index (χ1v) is 11.1. The summed E-state index contributed by atoms with van der Waals surface area (Å²) in [7, 11) is 0. The number of anilines is 1. The van der Waals surface area contributed by atoms with E-state index in [1.807, 2.05) is 0 Å². The van der Waals surface area contributed by atoms with Crippen molar-refractivity contribution in [3.05, 3.63) is 24.3 Å². The molecule has 0 radical (unpaired) electrons. The second kappa shape index (κ2) is 10.8. The van der Waals surface area contributed by atoms with Crippen LogP contribution in [0.2, 0.25) is 0 Å². The van der Waals surface area contributed by atoms with Gasteiger partial charge in [0.15, 0.2) is 6.61 Å². The highest BCUT2D eigenvalue weighted by molar-refractivity contribution is 5.97. The minimum Gasteiger partial charge on any atom is -0.484 e. The van der Waals surface area contributed by atoms with Crippen LogP contribution < -0.4 is 10.1 Å². The zero-order valence-electron chi connectivity index (χ0n) is 18.2. The lowest BCUT2D eigenvalue weighted by Crippen LogP contribution is -2.48. The molecule has 0 aromatic heterocycles. The molecule has 0 bridgehead atoms. The summed E-state index contributed by atoms with van der Waals surface area (Å²) in [6.07, 6.45) is 4.40. The standard InChI is InChI=1S/C23H34N2O5/c1-3-14-30-23(10-8-18(2)9-11-23)22(27)24-19-4-6-20(7-5-19)29-17-21(26)25-12-15-28-16-13-25/h4-7,18H,3,8-17H2,1-2H3,(H,24,27). The number of nitrogens with one attached hydrogen (secondary N) is 1. The van der Waals surface area contributed by atoms with E-state index in [2.05, 4.69) is 19.2 Å². The van der Waals surface area contributed by atoms with Gasteiger partial charge < -0.3 is 24.4 Å². The number of hydrogen-bond acceptors (Lipinski definition) is 5. The van der Waals surface area contributed by atoms with E-state index in [-0.39, 0.29) is 18.4 Å². The summed E-state index contributed by atoms with van der Waals surface area (Å²) >= 11 is 0. The highest BCUT2D eigenvalue weighted by Gasteiger charge is 2.42. The number of benzene rings is 1. The van der Waals surface area contributed by atoms with E-state index < -0.39 is 5.60 Å². The number of morpholine rings is 1. The van der Waals surface area contributed by atoms with Gasteiger partial charge >= 0.3 is 0 Å². The predicted octanol–water partition coefficient (Wildman–Crippen LogP) is 3.24. The van der Waals surface area contributed by atoms with Crippen molar-refractivity contribution in [1.82, 2.24) is 4.90 Å². The molecule has 1 heterocycles. The molecule has 2 amide bonds. The molecular weight excluding hydrogens is 384 g/mol. The maximum Gasteiger partial charge on any atom is 0.260 e. The molecule has 0 unspecified atom stereocenters. The lowest BCUT2D eigenvalue weighted by atomic mass is 9.78. The molecule has 3 rings (SSSR count). The first-order valence-electron chi connectivity index (χ1n) is 11.1. The Kier molecular flexibility index (Phi) is 8.10. The average Bonchev–Trinajstić information content (AvgIpc) is 2.79. The van der Waals surface area contributed by atoms with Gasteiger partial charge in [-0.1, -0.05) is 13.8 Å². The predicted molar refractivity (Wildman–Crippen MR) is 115 cm³/mol.